The number of nitrogens with one attached hydrogen (secondary N) is 1. The van der Waals surface area contributed by atoms with E-state index in [1.165, 1.54) is 19.3 Å². The minimum absolute atomic E-state index is 0.225. The summed E-state index contributed by atoms with van der Waals surface area (Å²) in [5, 5.41) is 3.36. The lowest BCUT2D eigenvalue weighted by Gasteiger charge is -2.17. The minimum Gasteiger partial charge on any atom is -0.383 e. The van der Waals surface area contributed by atoms with Crippen molar-refractivity contribution in [2.45, 2.75) is 32.2 Å². The van der Waals surface area contributed by atoms with Crippen molar-refractivity contribution in [2.75, 3.05) is 16.8 Å². The molecule has 0 aromatic carbocycles. The molecule has 1 heterocycles. The Morgan fingerprint density at radius 2 is 2.13 bits per heavy atom. The third kappa shape index (κ3) is 2.29. The summed E-state index contributed by atoms with van der Waals surface area (Å²) in [6.45, 7) is 2.25. The fraction of sp³-hybridized carbons (Fsp3) is 0.600. The maximum absolute atomic E-state index is 5.60. The van der Waals surface area contributed by atoms with E-state index in [-0.39, 0.29) is 5.95 Å². The van der Waals surface area contributed by atoms with Crippen LogP contribution in [0.2, 0.25) is 0 Å². The first-order valence-electron chi connectivity index (χ1n) is 5.31. The summed E-state index contributed by atoms with van der Waals surface area (Å²) in [7, 11) is 0. The number of rotatable bonds is 2. The number of nitrogens with two attached hydrogens (primary N) is 2. The highest BCUT2D eigenvalue weighted by Crippen LogP contribution is 2.27. The number of anilines is 3. The summed E-state index contributed by atoms with van der Waals surface area (Å²) < 4.78 is 0. The predicted octanol–water partition coefficient (Wildman–Crippen LogP) is 1.24. The molecular weight excluding hydrogens is 190 g/mol. The zero-order valence-corrected chi connectivity index (χ0v) is 8.90. The van der Waals surface area contributed by atoms with Crippen LogP contribution in [0, 0.1) is 5.92 Å². The molecule has 0 radical (unpaired) electrons. The number of nitrogens with zero attached hydrogens (tertiary/aromatic N) is 2. The fourth-order valence-corrected chi connectivity index (χ4v) is 2.11. The van der Waals surface area contributed by atoms with Crippen molar-refractivity contribution in [3.8, 4) is 0 Å². The molecule has 2 unspecified atom stereocenters. The van der Waals surface area contributed by atoms with Crippen LogP contribution >= 0.6 is 0 Å². The van der Waals surface area contributed by atoms with Gasteiger partial charge < -0.3 is 16.8 Å². The second-order valence-corrected chi connectivity index (χ2v) is 4.20. The summed E-state index contributed by atoms with van der Waals surface area (Å²) in [5.41, 5.74) is 11.1. The molecule has 5 heteroatoms. The van der Waals surface area contributed by atoms with E-state index in [0.717, 1.165) is 5.82 Å². The number of hydrogen-bond donors (Lipinski definition) is 3. The number of nitrogen functional groups attached to an aromatic ring is 2. The maximum atomic E-state index is 5.60. The Balaban J connectivity index is 2.10. The van der Waals surface area contributed by atoms with Crippen LogP contribution in [-0.2, 0) is 0 Å². The van der Waals surface area contributed by atoms with Crippen LogP contribution in [0.15, 0.2) is 6.07 Å². The van der Waals surface area contributed by atoms with Crippen molar-refractivity contribution in [3.05, 3.63) is 6.07 Å². The van der Waals surface area contributed by atoms with Gasteiger partial charge in [0.05, 0.1) is 0 Å². The van der Waals surface area contributed by atoms with Gasteiger partial charge in [-0.1, -0.05) is 13.3 Å². The van der Waals surface area contributed by atoms with Crippen molar-refractivity contribution in [3.63, 3.8) is 0 Å². The molecule has 0 amide bonds. The first-order valence-corrected chi connectivity index (χ1v) is 5.31. The fourth-order valence-electron chi connectivity index (χ4n) is 2.11. The van der Waals surface area contributed by atoms with Gasteiger partial charge in [-0.25, -0.2) is 0 Å². The first kappa shape index (κ1) is 10.0. The Hall–Kier alpha value is -1.52. The van der Waals surface area contributed by atoms with Gasteiger partial charge in [0.2, 0.25) is 5.95 Å². The first-order chi connectivity index (χ1) is 7.15. The second kappa shape index (κ2) is 3.92. The molecule has 0 spiro atoms. The van der Waals surface area contributed by atoms with Crippen LogP contribution in [-0.4, -0.2) is 16.0 Å². The second-order valence-electron chi connectivity index (χ2n) is 4.20. The summed E-state index contributed by atoms with van der Waals surface area (Å²) in [6, 6.07) is 2.21. The van der Waals surface area contributed by atoms with Gasteiger partial charge in [-0.2, -0.15) is 9.97 Å². The van der Waals surface area contributed by atoms with E-state index in [2.05, 4.69) is 22.2 Å². The molecule has 5 nitrogen and oxygen atoms in total. The summed E-state index contributed by atoms with van der Waals surface area (Å²) >= 11 is 0. The molecule has 1 saturated carbocycles. The van der Waals surface area contributed by atoms with Crippen molar-refractivity contribution in [1.29, 1.82) is 0 Å². The largest absolute Gasteiger partial charge is 0.383 e. The Bertz CT molecular complexity index is 331. The van der Waals surface area contributed by atoms with Gasteiger partial charge in [-0.05, 0) is 18.8 Å². The Labute approximate surface area is 89.3 Å². The van der Waals surface area contributed by atoms with E-state index < -0.39 is 0 Å². The molecule has 15 heavy (non-hydrogen) atoms. The van der Waals surface area contributed by atoms with Gasteiger partial charge in [-0.3, -0.25) is 0 Å². The topological polar surface area (TPSA) is 89.8 Å². The standard InChI is InChI=1S/C10H17N5/c1-6-3-2-4-7(6)13-9-5-8(11)14-10(12)15-9/h5-7H,2-4H2,1H3,(H5,11,12,13,14,15). The Morgan fingerprint density at radius 1 is 1.33 bits per heavy atom. The summed E-state index contributed by atoms with van der Waals surface area (Å²) in [6.07, 6.45) is 3.73. The van der Waals surface area contributed by atoms with Gasteiger partial charge in [0, 0.05) is 12.1 Å². The van der Waals surface area contributed by atoms with Crippen molar-refractivity contribution < 1.29 is 0 Å². The maximum Gasteiger partial charge on any atom is 0.223 e. The molecule has 1 fully saturated rings. The van der Waals surface area contributed by atoms with Gasteiger partial charge >= 0.3 is 0 Å². The highest BCUT2D eigenvalue weighted by Gasteiger charge is 2.23. The van der Waals surface area contributed by atoms with Gasteiger partial charge in [0.1, 0.15) is 11.6 Å². The SMILES string of the molecule is CC1CCCC1Nc1cc(N)nc(N)n1. The molecule has 1 aliphatic rings. The molecule has 1 aromatic rings. The Kier molecular flexibility index (Phi) is 2.62. The molecule has 0 bridgehead atoms. The zero-order valence-electron chi connectivity index (χ0n) is 8.90. The third-order valence-electron chi connectivity index (χ3n) is 2.96. The molecule has 5 N–H and O–H groups in total. The van der Waals surface area contributed by atoms with Gasteiger partial charge in [-0.15, -0.1) is 0 Å². The lowest BCUT2D eigenvalue weighted by atomic mass is 10.1. The molecule has 1 aromatic heterocycles. The van der Waals surface area contributed by atoms with Crippen LogP contribution in [0.4, 0.5) is 17.6 Å². The van der Waals surface area contributed by atoms with Crippen LogP contribution in [0.5, 0.6) is 0 Å². The molecule has 0 saturated heterocycles. The van der Waals surface area contributed by atoms with Crippen LogP contribution in [0.1, 0.15) is 26.2 Å². The van der Waals surface area contributed by atoms with E-state index in [1.807, 2.05) is 0 Å². The average molecular weight is 207 g/mol. The molecular formula is C10H17N5. The molecule has 2 rings (SSSR count). The van der Waals surface area contributed by atoms with Crippen molar-refractivity contribution >= 4 is 17.6 Å². The van der Waals surface area contributed by atoms with Crippen LogP contribution in [0.25, 0.3) is 0 Å². The monoisotopic (exact) mass is 207 g/mol. The summed E-state index contributed by atoms with van der Waals surface area (Å²) in [5.74, 6) is 2.06. The quantitative estimate of drug-likeness (QED) is 0.679. The zero-order chi connectivity index (χ0) is 10.8. The number of hydrogen-bond acceptors (Lipinski definition) is 5. The molecule has 0 aliphatic heterocycles. The Morgan fingerprint density at radius 3 is 2.73 bits per heavy atom. The smallest absolute Gasteiger partial charge is 0.223 e. The third-order valence-corrected chi connectivity index (χ3v) is 2.96. The van der Waals surface area contributed by atoms with Gasteiger partial charge in [0.25, 0.3) is 0 Å². The molecule has 2 atom stereocenters. The van der Waals surface area contributed by atoms with Crippen molar-refractivity contribution in [2.24, 2.45) is 5.92 Å². The number of aromatic nitrogens is 2. The lowest BCUT2D eigenvalue weighted by molar-refractivity contribution is 0.555. The summed E-state index contributed by atoms with van der Waals surface area (Å²) in [4.78, 5) is 7.94. The highest BCUT2D eigenvalue weighted by molar-refractivity contribution is 5.49. The molecule has 82 valence electrons. The van der Waals surface area contributed by atoms with Crippen molar-refractivity contribution in [1.82, 2.24) is 9.97 Å². The van der Waals surface area contributed by atoms with E-state index in [4.69, 9.17) is 11.5 Å². The van der Waals surface area contributed by atoms with Crippen LogP contribution in [0.3, 0.4) is 0 Å². The van der Waals surface area contributed by atoms with E-state index in [0.29, 0.717) is 17.8 Å². The van der Waals surface area contributed by atoms with Gasteiger partial charge in [0.15, 0.2) is 0 Å². The lowest BCUT2D eigenvalue weighted by Crippen LogP contribution is -2.22. The van der Waals surface area contributed by atoms with E-state index >= 15 is 0 Å². The molecule has 1 aliphatic carbocycles. The van der Waals surface area contributed by atoms with E-state index in [9.17, 15) is 0 Å². The normalized spacial score (nSPS) is 25.4. The predicted molar refractivity (Wildman–Crippen MR) is 61.3 cm³/mol. The minimum atomic E-state index is 0.225. The van der Waals surface area contributed by atoms with E-state index in [1.54, 1.807) is 6.07 Å². The average Bonchev–Trinajstić information content (AvgIpc) is 2.50. The highest BCUT2D eigenvalue weighted by atomic mass is 15.1. The van der Waals surface area contributed by atoms with Crippen LogP contribution < -0.4 is 16.8 Å².